The summed E-state index contributed by atoms with van der Waals surface area (Å²) in [6.07, 6.45) is 3.32. The zero-order valence-electron chi connectivity index (χ0n) is 17.7. The van der Waals surface area contributed by atoms with Crippen LogP contribution < -0.4 is 5.73 Å². The fourth-order valence-corrected chi connectivity index (χ4v) is 4.27. The predicted molar refractivity (Wildman–Crippen MR) is 120 cm³/mol. The molecule has 1 unspecified atom stereocenters. The number of carbonyl (C=O) groups is 1. The highest BCUT2D eigenvalue weighted by atomic mass is 19.1. The predicted octanol–water partition coefficient (Wildman–Crippen LogP) is 3.91. The lowest BCUT2D eigenvalue weighted by Gasteiger charge is -2.37. The summed E-state index contributed by atoms with van der Waals surface area (Å²) in [4.78, 5) is 16.4. The highest BCUT2D eigenvalue weighted by Crippen LogP contribution is 2.45. The van der Waals surface area contributed by atoms with Crippen LogP contribution in [0.25, 0.3) is 0 Å². The van der Waals surface area contributed by atoms with Gasteiger partial charge in [0.15, 0.2) is 0 Å². The maximum atomic E-state index is 15.5. The number of nitrogens with zero attached hydrogens (tertiary/aromatic N) is 2. The number of halogens is 1. The molecule has 0 saturated heterocycles. The van der Waals surface area contributed by atoms with Crippen molar-refractivity contribution < 1.29 is 13.9 Å². The Morgan fingerprint density at radius 3 is 2.12 bits per heavy atom. The van der Waals surface area contributed by atoms with Crippen LogP contribution in [0, 0.1) is 5.82 Å². The number of methoxy groups -OCH3 is 1. The summed E-state index contributed by atoms with van der Waals surface area (Å²) in [5, 5.41) is 0. The van der Waals surface area contributed by atoms with Crippen molar-refractivity contribution in [3.05, 3.63) is 126 Å². The lowest BCUT2D eigenvalue weighted by molar-refractivity contribution is -0.142. The van der Waals surface area contributed by atoms with Crippen LogP contribution in [0.2, 0.25) is 0 Å². The van der Waals surface area contributed by atoms with Gasteiger partial charge in [-0.15, -0.1) is 0 Å². The summed E-state index contributed by atoms with van der Waals surface area (Å²) in [6, 6.07) is 25.3. The summed E-state index contributed by atoms with van der Waals surface area (Å²) >= 11 is 0. The van der Waals surface area contributed by atoms with Gasteiger partial charge < -0.3 is 15.0 Å². The first-order valence-electron chi connectivity index (χ1n) is 10.3. The maximum absolute atomic E-state index is 15.5. The standard InChI is InChI=1S/C26H24FN3O2/c1-32-25(31)23(28)17-30-18-29-16-24(30)26(19-10-4-2-5-11-19,20-12-6-3-7-13-20)21-14-8-9-15-22(21)27/h2-16,18,23H,17,28H2,1H3. The Hall–Kier alpha value is -3.77. The van der Waals surface area contributed by atoms with Crippen molar-refractivity contribution in [3.8, 4) is 0 Å². The summed E-state index contributed by atoms with van der Waals surface area (Å²) in [5.74, 6) is -0.870. The van der Waals surface area contributed by atoms with Crippen molar-refractivity contribution in [2.45, 2.75) is 18.0 Å². The molecule has 1 atom stereocenters. The Morgan fingerprint density at radius 1 is 1.00 bits per heavy atom. The van der Waals surface area contributed by atoms with Crippen LogP contribution in [-0.4, -0.2) is 28.7 Å². The second-order valence-electron chi connectivity index (χ2n) is 7.52. The Morgan fingerprint density at radius 2 is 1.56 bits per heavy atom. The normalized spacial score (nSPS) is 12.3. The molecule has 0 spiro atoms. The van der Waals surface area contributed by atoms with Gasteiger partial charge in [0.2, 0.25) is 0 Å². The summed E-state index contributed by atoms with van der Waals surface area (Å²) in [5.41, 5.74) is 7.95. The van der Waals surface area contributed by atoms with Gasteiger partial charge in [0.05, 0.1) is 24.5 Å². The van der Waals surface area contributed by atoms with Crippen LogP contribution in [0.1, 0.15) is 22.4 Å². The van der Waals surface area contributed by atoms with E-state index in [1.54, 1.807) is 29.2 Å². The topological polar surface area (TPSA) is 70.1 Å². The van der Waals surface area contributed by atoms with Crippen LogP contribution >= 0.6 is 0 Å². The number of nitrogens with two attached hydrogens (primary N) is 1. The molecule has 4 aromatic rings. The third kappa shape index (κ3) is 3.69. The molecule has 2 N–H and O–H groups in total. The van der Waals surface area contributed by atoms with Gasteiger partial charge in [-0.1, -0.05) is 78.9 Å². The molecule has 3 aromatic carbocycles. The van der Waals surface area contributed by atoms with Crippen LogP contribution in [0.5, 0.6) is 0 Å². The van der Waals surface area contributed by atoms with Crippen molar-refractivity contribution >= 4 is 5.97 Å². The van der Waals surface area contributed by atoms with E-state index in [0.29, 0.717) is 11.3 Å². The first-order valence-corrected chi connectivity index (χ1v) is 10.3. The van der Waals surface area contributed by atoms with Gasteiger partial charge in [0.25, 0.3) is 0 Å². The van der Waals surface area contributed by atoms with Gasteiger partial charge >= 0.3 is 5.97 Å². The molecule has 5 nitrogen and oxygen atoms in total. The Kier molecular flexibility index (Phi) is 6.14. The van der Waals surface area contributed by atoms with E-state index in [4.69, 9.17) is 10.5 Å². The van der Waals surface area contributed by atoms with Crippen LogP contribution in [0.15, 0.2) is 97.5 Å². The van der Waals surface area contributed by atoms with E-state index in [-0.39, 0.29) is 12.4 Å². The quantitative estimate of drug-likeness (QED) is 0.357. The molecular weight excluding hydrogens is 405 g/mol. The summed E-state index contributed by atoms with van der Waals surface area (Å²) in [6.45, 7) is 0.137. The van der Waals surface area contributed by atoms with Crippen molar-refractivity contribution in [1.82, 2.24) is 9.55 Å². The first-order chi connectivity index (χ1) is 15.6. The SMILES string of the molecule is COC(=O)C(N)Cn1cncc1C(c1ccccc1)(c1ccccc1)c1ccccc1F. The molecule has 0 saturated carbocycles. The smallest absolute Gasteiger partial charge is 0.324 e. The Labute approximate surface area is 186 Å². The van der Waals surface area contributed by atoms with Gasteiger partial charge in [-0.25, -0.2) is 9.37 Å². The van der Waals surface area contributed by atoms with Gasteiger partial charge in [-0.05, 0) is 17.2 Å². The lowest BCUT2D eigenvalue weighted by atomic mass is 9.67. The molecule has 0 bridgehead atoms. The molecule has 1 aromatic heterocycles. The zero-order valence-corrected chi connectivity index (χ0v) is 17.7. The van der Waals surface area contributed by atoms with Crippen LogP contribution in [-0.2, 0) is 21.5 Å². The lowest BCUT2D eigenvalue weighted by Crippen LogP contribution is -2.39. The number of imidazole rings is 1. The first kappa shape index (κ1) is 21.5. The number of hydrogen-bond donors (Lipinski definition) is 1. The maximum Gasteiger partial charge on any atom is 0.324 e. The fraction of sp³-hybridized carbons (Fsp3) is 0.154. The molecule has 0 aliphatic heterocycles. The van der Waals surface area contributed by atoms with Crippen molar-refractivity contribution in [3.63, 3.8) is 0 Å². The minimum absolute atomic E-state index is 0.137. The minimum Gasteiger partial charge on any atom is -0.468 e. The van der Waals surface area contributed by atoms with E-state index >= 15 is 4.39 Å². The summed E-state index contributed by atoms with van der Waals surface area (Å²) < 4.78 is 22.1. The molecule has 32 heavy (non-hydrogen) atoms. The third-order valence-corrected chi connectivity index (χ3v) is 5.69. The average molecular weight is 429 g/mol. The number of ether oxygens (including phenoxy) is 1. The molecule has 0 aliphatic carbocycles. The number of rotatable bonds is 7. The van der Waals surface area contributed by atoms with E-state index in [1.807, 2.05) is 66.7 Å². The molecule has 0 fully saturated rings. The molecule has 0 aliphatic rings. The molecule has 6 heteroatoms. The van der Waals surface area contributed by atoms with Gasteiger partial charge in [-0.2, -0.15) is 0 Å². The van der Waals surface area contributed by atoms with Crippen molar-refractivity contribution in [2.24, 2.45) is 5.73 Å². The highest BCUT2D eigenvalue weighted by Gasteiger charge is 2.43. The Bertz CT molecular complexity index is 1150. The number of carbonyl (C=O) groups excluding carboxylic acids is 1. The van der Waals surface area contributed by atoms with E-state index in [2.05, 4.69) is 4.98 Å². The molecule has 1 heterocycles. The average Bonchev–Trinajstić information content (AvgIpc) is 3.30. The number of aromatic nitrogens is 2. The number of esters is 1. The molecule has 0 amide bonds. The van der Waals surface area contributed by atoms with E-state index in [9.17, 15) is 4.79 Å². The fourth-order valence-electron chi connectivity index (χ4n) is 4.27. The zero-order chi connectivity index (χ0) is 22.6. The molecule has 0 radical (unpaired) electrons. The highest BCUT2D eigenvalue weighted by molar-refractivity contribution is 5.75. The minimum atomic E-state index is -1.03. The number of benzene rings is 3. The van der Waals surface area contributed by atoms with Gasteiger partial charge in [0.1, 0.15) is 11.9 Å². The molecule has 162 valence electrons. The molecule has 4 rings (SSSR count). The second kappa shape index (κ2) is 9.16. The van der Waals surface area contributed by atoms with E-state index in [1.165, 1.54) is 13.2 Å². The summed E-state index contributed by atoms with van der Waals surface area (Å²) in [7, 11) is 1.30. The van der Waals surface area contributed by atoms with Crippen molar-refractivity contribution in [2.75, 3.05) is 7.11 Å². The largest absolute Gasteiger partial charge is 0.468 e. The van der Waals surface area contributed by atoms with Crippen LogP contribution in [0.4, 0.5) is 4.39 Å². The van der Waals surface area contributed by atoms with E-state index < -0.39 is 17.4 Å². The number of hydrogen-bond acceptors (Lipinski definition) is 4. The second-order valence-corrected chi connectivity index (χ2v) is 7.52. The monoisotopic (exact) mass is 429 g/mol. The van der Waals surface area contributed by atoms with Crippen molar-refractivity contribution in [1.29, 1.82) is 0 Å². The van der Waals surface area contributed by atoms with E-state index in [0.717, 1.165) is 11.1 Å². The Balaban J connectivity index is 2.05. The van der Waals surface area contributed by atoms with Gasteiger partial charge in [0, 0.05) is 18.3 Å². The molecular formula is C26H24FN3O2. The van der Waals surface area contributed by atoms with Crippen LogP contribution in [0.3, 0.4) is 0 Å². The third-order valence-electron chi connectivity index (χ3n) is 5.69. The van der Waals surface area contributed by atoms with Gasteiger partial charge in [-0.3, -0.25) is 4.79 Å².